The Balaban J connectivity index is 2.04. The molecule has 0 aromatic carbocycles. The Morgan fingerprint density at radius 2 is 2.44 bits per heavy atom. The van der Waals surface area contributed by atoms with E-state index in [2.05, 4.69) is 9.97 Å². The number of likely N-dealkylation sites (N-methyl/N-ethyl adjacent to an activating group) is 1. The van der Waals surface area contributed by atoms with Crippen molar-refractivity contribution in [3.05, 3.63) is 35.1 Å². The molecule has 0 amide bonds. The van der Waals surface area contributed by atoms with Crippen molar-refractivity contribution in [1.82, 2.24) is 14.9 Å². The van der Waals surface area contributed by atoms with E-state index in [0.717, 1.165) is 21.4 Å². The van der Waals surface area contributed by atoms with E-state index in [1.54, 1.807) is 24.3 Å². The molecule has 1 aliphatic heterocycles. The van der Waals surface area contributed by atoms with Crippen LogP contribution < -0.4 is 0 Å². The van der Waals surface area contributed by atoms with Crippen molar-refractivity contribution < 1.29 is 5.11 Å². The van der Waals surface area contributed by atoms with Gasteiger partial charge in [-0.15, -0.1) is 0 Å². The van der Waals surface area contributed by atoms with E-state index in [4.69, 9.17) is 12.2 Å². The van der Waals surface area contributed by atoms with Crippen LogP contribution in [0.2, 0.25) is 0 Å². The smallest absolute Gasteiger partial charge is 0.160 e. The molecule has 0 bridgehead atoms. The fourth-order valence-electron chi connectivity index (χ4n) is 1.89. The van der Waals surface area contributed by atoms with Gasteiger partial charge in [0.1, 0.15) is 4.32 Å². The maximum atomic E-state index is 10.0. The minimum Gasteiger partial charge on any atom is -0.369 e. The Kier molecular flexibility index (Phi) is 2.85. The molecule has 6 heteroatoms. The maximum Gasteiger partial charge on any atom is 0.160 e. The summed E-state index contributed by atoms with van der Waals surface area (Å²) in [7, 11) is 1.79. The Morgan fingerprint density at radius 1 is 1.61 bits per heavy atom. The van der Waals surface area contributed by atoms with Crippen LogP contribution >= 0.6 is 24.0 Å². The Hall–Kier alpha value is -1.37. The van der Waals surface area contributed by atoms with E-state index in [-0.39, 0.29) is 0 Å². The molecular formula is C12H11N3OS2. The van der Waals surface area contributed by atoms with Crippen molar-refractivity contribution in [3.8, 4) is 0 Å². The topological polar surface area (TPSA) is 52.2 Å². The first-order valence-electron chi connectivity index (χ1n) is 5.42. The van der Waals surface area contributed by atoms with Crippen LogP contribution in [0.15, 0.2) is 29.6 Å². The van der Waals surface area contributed by atoms with Crippen molar-refractivity contribution in [1.29, 1.82) is 0 Å². The number of aliphatic hydroxyl groups is 1. The molecule has 92 valence electrons. The third-order valence-electron chi connectivity index (χ3n) is 2.93. The normalized spacial score (nSPS) is 22.3. The number of thioether (sulfide) groups is 1. The number of fused-ring (bicyclic) bond motifs is 1. The van der Waals surface area contributed by atoms with Crippen LogP contribution in [-0.2, 0) is 0 Å². The molecule has 2 aromatic heterocycles. The minimum absolute atomic E-state index is 0.644. The molecule has 1 fully saturated rings. The van der Waals surface area contributed by atoms with Gasteiger partial charge in [-0.3, -0.25) is 4.98 Å². The van der Waals surface area contributed by atoms with Gasteiger partial charge in [0.2, 0.25) is 0 Å². The van der Waals surface area contributed by atoms with Gasteiger partial charge in [0.05, 0.1) is 11.7 Å². The largest absolute Gasteiger partial charge is 0.369 e. The number of hydrogen-bond acceptors (Lipinski definition) is 4. The molecule has 18 heavy (non-hydrogen) atoms. The summed E-state index contributed by atoms with van der Waals surface area (Å²) in [5.74, 6) is 0. The molecule has 1 unspecified atom stereocenters. The first kappa shape index (κ1) is 11.7. The predicted molar refractivity (Wildman–Crippen MR) is 78.0 cm³/mol. The zero-order chi connectivity index (χ0) is 12.7. The van der Waals surface area contributed by atoms with Gasteiger partial charge in [0, 0.05) is 35.3 Å². The van der Waals surface area contributed by atoms with Crippen LogP contribution in [0.4, 0.5) is 0 Å². The summed E-state index contributed by atoms with van der Waals surface area (Å²) in [6, 6.07) is 1.95. The molecule has 0 spiro atoms. The maximum absolute atomic E-state index is 10.0. The summed E-state index contributed by atoms with van der Waals surface area (Å²) in [6.45, 7) is 0. The van der Waals surface area contributed by atoms with Gasteiger partial charge in [-0.1, -0.05) is 24.0 Å². The average molecular weight is 277 g/mol. The molecular weight excluding hydrogens is 266 g/mol. The zero-order valence-electron chi connectivity index (χ0n) is 9.62. The average Bonchev–Trinajstić information content (AvgIpc) is 2.89. The molecule has 1 saturated heterocycles. The van der Waals surface area contributed by atoms with Gasteiger partial charge in [0.15, 0.2) is 6.23 Å². The highest BCUT2D eigenvalue weighted by Crippen LogP contribution is 2.35. The number of rotatable bonds is 1. The molecule has 2 aromatic rings. The number of aromatic nitrogens is 2. The number of thiocarbonyl (C=S) groups is 1. The lowest BCUT2D eigenvalue weighted by Gasteiger charge is -2.14. The summed E-state index contributed by atoms with van der Waals surface area (Å²) in [5.41, 5.74) is 2.02. The second-order valence-corrected chi connectivity index (χ2v) is 5.77. The molecule has 0 radical (unpaired) electrons. The molecule has 3 rings (SSSR count). The highest BCUT2D eigenvalue weighted by Gasteiger charge is 2.28. The van der Waals surface area contributed by atoms with Crippen LogP contribution in [0.1, 0.15) is 5.56 Å². The fourth-order valence-corrected chi connectivity index (χ4v) is 3.17. The van der Waals surface area contributed by atoms with Crippen LogP contribution in [-0.4, -0.2) is 37.6 Å². The summed E-state index contributed by atoms with van der Waals surface area (Å²) in [5, 5.41) is 11.1. The van der Waals surface area contributed by atoms with Crippen LogP contribution in [0, 0.1) is 0 Å². The zero-order valence-corrected chi connectivity index (χ0v) is 11.3. The van der Waals surface area contributed by atoms with E-state index in [0.29, 0.717) is 4.32 Å². The van der Waals surface area contributed by atoms with E-state index in [1.807, 2.05) is 18.3 Å². The number of aliphatic hydroxyl groups excluding tert-OH is 1. The van der Waals surface area contributed by atoms with Crippen molar-refractivity contribution in [3.63, 3.8) is 0 Å². The van der Waals surface area contributed by atoms with Gasteiger partial charge in [-0.2, -0.15) is 0 Å². The monoisotopic (exact) mass is 277 g/mol. The van der Waals surface area contributed by atoms with Gasteiger partial charge in [0.25, 0.3) is 0 Å². The number of nitrogens with zero attached hydrogens (tertiary/aromatic N) is 2. The van der Waals surface area contributed by atoms with Gasteiger partial charge in [-0.05, 0) is 12.1 Å². The van der Waals surface area contributed by atoms with Crippen molar-refractivity contribution >= 4 is 45.3 Å². The lowest BCUT2D eigenvalue weighted by molar-refractivity contribution is 0.120. The number of nitrogens with one attached hydrogen (secondary N) is 1. The van der Waals surface area contributed by atoms with Crippen LogP contribution in [0.25, 0.3) is 17.0 Å². The number of pyridine rings is 1. The number of H-pyrrole nitrogens is 1. The molecule has 3 heterocycles. The van der Waals surface area contributed by atoms with E-state index in [1.165, 1.54) is 11.8 Å². The quantitative estimate of drug-likeness (QED) is 0.783. The molecule has 0 aliphatic carbocycles. The summed E-state index contributed by atoms with van der Waals surface area (Å²) < 4.78 is 0.690. The first-order chi connectivity index (χ1) is 8.66. The second-order valence-electron chi connectivity index (χ2n) is 4.06. The molecule has 2 N–H and O–H groups in total. The fraction of sp³-hybridized carbons (Fsp3) is 0.167. The minimum atomic E-state index is -0.644. The Labute approximate surface area is 114 Å². The lowest BCUT2D eigenvalue weighted by Crippen LogP contribution is -2.27. The second kappa shape index (κ2) is 4.38. The van der Waals surface area contributed by atoms with Gasteiger partial charge >= 0.3 is 0 Å². The van der Waals surface area contributed by atoms with Crippen LogP contribution in [0.5, 0.6) is 0 Å². The molecule has 1 atom stereocenters. The first-order valence-corrected chi connectivity index (χ1v) is 6.64. The Morgan fingerprint density at radius 3 is 3.17 bits per heavy atom. The molecule has 4 nitrogen and oxygen atoms in total. The van der Waals surface area contributed by atoms with E-state index >= 15 is 0 Å². The number of aromatic amines is 1. The summed E-state index contributed by atoms with van der Waals surface area (Å²) in [6.07, 6.45) is 6.77. The third kappa shape index (κ3) is 1.82. The molecule has 1 aliphatic rings. The van der Waals surface area contributed by atoms with Gasteiger partial charge < -0.3 is 15.0 Å². The lowest BCUT2D eigenvalue weighted by atomic mass is 10.2. The standard InChI is InChI=1S/C12H11N3OS2/c1-15-11(16)10(18-12(15)17)4-7-5-14-9-6-13-3-2-8(7)9/h2-6,11,14,16H,1H3/b10-4-. The van der Waals surface area contributed by atoms with Crippen molar-refractivity contribution in [2.45, 2.75) is 6.23 Å². The highest BCUT2D eigenvalue weighted by atomic mass is 32.2. The third-order valence-corrected chi connectivity index (χ3v) is 4.49. The van der Waals surface area contributed by atoms with Gasteiger partial charge in [-0.25, -0.2) is 0 Å². The molecule has 0 saturated carbocycles. The van der Waals surface area contributed by atoms with Crippen molar-refractivity contribution in [2.24, 2.45) is 0 Å². The van der Waals surface area contributed by atoms with Crippen molar-refractivity contribution in [2.75, 3.05) is 7.05 Å². The summed E-state index contributed by atoms with van der Waals surface area (Å²) >= 11 is 6.59. The predicted octanol–water partition coefficient (Wildman–Crippen LogP) is 2.19. The van der Waals surface area contributed by atoms with E-state index < -0.39 is 6.23 Å². The highest BCUT2D eigenvalue weighted by molar-refractivity contribution is 8.25. The number of hydrogen-bond donors (Lipinski definition) is 2. The van der Waals surface area contributed by atoms with E-state index in [9.17, 15) is 5.11 Å². The SMILES string of the molecule is CN1C(=S)S/C(=C\c2c[nH]c3cnccc23)C1O. The Bertz CT molecular complexity index is 650. The van der Waals surface area contributed by atoms with Crippen LogP contribution in [0.3, 0.4) is 0 Å². The summed E-state index contributed by atoms with van der Waals surface area (Å²) in [4.78, 5) is 9.75.